The number of aryl methyl sites for hydroxylation is 1. The molecule has 0 atom stereocenters. The first-order valence-electron chi connectivity index (χ1n) is 4.56. The summed E-state index contributed by atoms with van der Waals surface area (Å²) in [5, 5.41) is 7.60. The number of H-pyrrole nitrogens is 1. The van der Waals surface area contributed by atoms with Gasteiger partial charge in [0.15, 0.2) is 11.2 Å². The number of fused-ring (bicyclic) bond motifs is 1. The quantitative estimate of drug-likeness (QED) is 0.679. The van der Waals surface area contributed by atoms with Gasteiger partial charge >= 0.3 is 5.69 Å². The van der Waals surface area contributed by atoms with Crippen LogP contribution in [0.5, 0.6) is 0 Å². The van der Waals surface area contributed by atoms with Gasteiger partial charge in [0.2, 0.25) is 0 Å². The lowest BCUT2D eigenvalue weighted by Crippen LogP contribution is -2.29. The summed E-state index contributed by atoms with van der Waals surface area (Å²) in [4.78, 5) is 24.9. The molecule has 80 valence electrons. The molecule has 2 heterocycles. The molecule has 0 unspecified atom stereocenters. The summed E-state index contributed by atoms with van der Waals surface area (Å²) in [5.74, 6) is 0. The third kappa shape index (κ3) is 1.27. The minimum Gasteiger partial charge on any atom is -0.279 e. The van der Waals surface area contributed by atoms with E-state index in [0.29, 0.717) is 5.65 Å². The average molecular weight is 209 g/mol. The van der Waals surface area contributed by atoms with Crippen LogP contribution in [0.4, 0.5) is 0 Å². The van der Waals surface area contributed by atoms with Crippen LogP contribution < -0.4 is 11.2 Å². The van der Waals surface area contributed by atoms with Gasteiger partial charge in [-0.3, -0.25) is 14.3 Å². The van der Waals surface area contributed by atoms with Gasteiger partial charge in [-0.15, -0.1) is 5.10 Å². The third-order valence-corrected chi connectivity index (χ3v) is 2.22. The van der Waals surface area contributed by atoms with Crippen molar-refractivity contribution >= 4 is 11.2 Å². The van der Waals surface area contributed by atoms with E-state index in [1.54, 1.807) is 11.7 Å². The van der Waals surface area contributed by atoms with Gasteiger partial charge < -0.3 is 0 Å². The maximum atomic E-state index is 11.4. The summed E-state index contributed by atoms with van der Waals surface area (Å²) in [6.45, 7) is 3.81. The first-order chi connectivity index (χ1) is 7.02. The number of hydrogen-bond acceptors (Lipinski definition) is 4. The van der Waals surface area contributed by atoms with Crippen LogP contribution in [0.25, 0.3) is 11.2 Å². The van der Waals surface area contributed by atoms with E-state index in [2.05, 4.69) is 15.3 Å². The van der Waals surface area contributed by atoms with Crippen molar-refractivity contribution in [3.63, 3.8) is 0 Å². The Morgan fingerprint density at radius 2 is 2.00 bits per heavy atom. The van der Waals surface area contributed by atoms with E-state index >= 15 is 0 Å². The van der Waals surface area contributed by atoms with Crippen LogP contribution in [-0.2, 0) is 7.05 Å². The van der Waals surface area contributed by atoms with Gasteiger partial charge in [-0.2, -0.15) is 0 Å². The molecule has 0 saturated carbocycles. The number of rotatable bonds is 1. The fourth-order valence-electron chi connectivity index (χ4n) is 1.43. The molecule has 15 heavy (non-hydrogen) atoms. The number of nitrogens with zero attached hydrogens (tertiary/aromatic N) is 4. The highest BCUT2D eigenvalue weighted by molar-refractivity contribution is 5.68. The molecule has 0 bridgehead atoms. The molecule has 0 radical (unpaired) electrons. The first kappa shape index (κ1) is 9.63. The molecule has 2 aromatic heterocycles. The second-order valence-corrected chi connectivity index (χ2v) is 3.62. The fourth-order valence-corrected chi connectivity index (χ4v) is 1.43. The Hall–Kier alpha value is -1.92. The Morgan fingerprint density at radius 3 is 2.60 bits per heavy atom. The van der Waals surface area contributed by atoms with Gasteiger partial charge in [0.05, 0.1) is 6.04 Å². The lowest BCUT2D eigenvalue weighted by atomic mass is 10.4. The van der Waals surface area contributed by atoms with E-state index in [1.807, 2.05) is 13.8 Å². The molecule has 0 spiro atoms. The van der Waals surface area contributed by atoms with Crippen LogP contribution in [0.15, 0.2) is 9.59 Å². The molecule has 0 aliphatic heterocycles. The molecule has 0 saturated heterocycles. The number of hydrogen-bond donors (Lipinski definition) is 1. The SMILES string of the molecule is CC(C)n1nnc2c(=O)[nH]c(=O)n(C)c21. The largest absolute Gasteiger partial charge is 0.329 e. The Kier molecular flexibility index (Phi) is 1.95. The average Bonchev–Trinajstić information content (AvgIpc) is 2.58. The van der Waals surface area contributed by atoms with Crippen LogP contribution in [0.2, 0.25) is 0 Å². The molecule has 0 fully saturated rings. The molecule has 7 heteroatoms. The van der Waals surface area contributed by atoms with Crippen molar-refractivity contribution in [3.05, 3.63) is 20.8 Å². The summed E-state index contributed by atoms with van der Waals surface area (Å²) in [6.07, 6.45) is 0. The van der Waals surface area contributed by atoms with Gasteiger partial charge in [0.1, 0.15) is 0 Å². The Morgan fingerprint density at radius 1 is 1.33 bits per heavy atom. The van der Waals surface area contributed by atoms with E-state index in [9.17, 15) is 9.59 Å². The lowest BCUT2D eigenvalue weighted by Gasteiger charge is -2.07. The summed E-state index contributed by atoms with van der Waals surface area (Å²) in [5.41, 5.74) is -0.332. The van der Waals surface area contributed by atoms with E-state index in [-0.39, 0.29) is 11.6 Å². The van der Waals surface area contributed by atoms with Crippen LogP contribution in [0.3, 0.4) is 0 Å². The van der Waals surface area contributed by atoms with Gasteiger partial charge in [-0.05, 0) is 13.8 Å². The van der Waals surface area contributed by atoms with Gasteiger partial charge in [0, 0.05) is 7.05 Å². The molecule has 1 N–H and O–H groups in total. The number of aromatic nitrogens is 5. The van der Waals surface area contributed by atoms with E-state index < -0.39 is 11.2 Å². The van der Waals surface area contributed by atoms with Crippen molar-refractivity contribution in [1.82, 2.24) is 24.5 Å². The van der Waals surface area contributed by atoms with Crippen LogP contribution in [-0.4, -0.2) is 24.5 Å². The highest BCUT2D eigenvalue weighted by atomic mass is 16.2. The molecule has 2 aromatic rings. The molecule has 0 aliphatic rings. The normalized spacial score (nSPS) is 11.5. The molecule has 7 nitrogen and oxygen atoms in total. The number of aromatic amines is 1. The zero-order valence-corrected chi connectivity index (χ0v) is 8.68. The molecular weight excluding hydrogens is 198 g/mol. The summed E-state index contributed by atoms with van der Waals surface area (Å²) in [7, 11) is 1.57. The molecule has 2 rings (SSSR count). The van der Waals surface area contributed by atoms with Crippen molar-refractivity contribution in [2.24, 2.45) is 7.05 Å². The van der Waals surface area contributed by atoms with Crippen molar-refractivity contribution in [2.45, 2.75) is 19.9 Å². The Bertz CT molecular complexity index is 618. The number of nitrogens with one attached hydrogen (secondary N) is 1. The minimum atomic E-state index is -0.500. The van der Waals surface area contributed by atoms with Crippen molar-refractivity contribution in [2.75, 3.05) is 0 Å². The van der Waals surface area contributed by atoms with Gasteiger partial charge in [-0.25, -0.2) is 9.48 Å². The topological polar surface area (TPSA) is 85.6 Å². The van der Waals surface area contributed by atoms with Crippen LogP contribution >= 0.6 is 0 Å². The Balaban J connectivity index is 3.02. The molecule has 0 amide bonds. The minimum absolute atomic E-state index is 0.0439. The van der Waals surface area contributed by atoms with Crippen LogP contribution in [0.1, 0.15) is 19.9 Å². The second kappa shape index (κ2) is 3.04. The van der Waals surface area contributed by atoms with Gasteiger partial charge in [-0.1, -0.05) is 5.21 Å². The second-order valence-electron chi connectivity index (χ2n) is 3.62. The molecule has 0 aromatic carbocycles. The predicted molar refractivity (Wildman–Crippen MR) is 53.8 cm³/mol. The highest BCUT2D eigenvalue weighted by Gasteiger charge is 2.14. The van der Waals surface area contributed by atoms with E-state index in [4.69, 9.17) is 0 Å². The zero-order chi connectivity index (χ0) is 11.2. The smallest absolute Gasteiger partial charge is 0.279 e. The Labute approximate surface area is 84.3 Å². The van der Waals surface area contributed by atoms with Crippen LogP contribution in [0, 0.1) is 0 Å². The zero-order valence-electron chi connectivity index (χ0n) is 8.68. The van der Waals surface area contributed by atoms with E-state index in [1.165, 1.54) is 4.57 Å². The predicted octanol–water partition coefficient (Wildman–Crippen LogP) is -0.601. The standard InChI is InChI=1S/C8H11N5O2/c1-4(2)13-7-5(10-11-13)6(14)9-8(15)12(7)3/h4H,1-3H3,(H,9,14,15). The molecular formula is C8H11N5O2. The third-order valence-electron chi connectivity index (χ3n) is 2.22. The summed E-state index contributed by atoms with van der Waals surface area (Å²) in [6, 6.07) is 0.0439. The van der Waals surface area contributed by atoms with Crippen molar-refractivity contribution < 1.29 is 0 Å². The van der Waals surface area contributed by atoms with Gasteiger partial charge in [0.25, 0.3) is 5.56 Å². The molecule has 0 aliphatic carbocycles. The maximum absolute atomic E-state index is 11.4. The lowest BCUT2D eigenvalue weighted by molar-refractivity contribution is 0.519. The van der Waals surface area contributed by atoms with Crippen molar-refractivity contribution in [3.8, 4) is 0 Å². The van der Waals surface area contributed by atoms with E-state index in [0.717, 1.165) is 0 Å². The summed E-state index contributed by atoms with van der Waals surface area (Å²) < 4.78 is 2.88. The highest BCUT2D eigenvalue weighted by Crippen LogP contribution is 2.09. The first-order valence-corrected chi connectivity index (χ1v) is 4.56. The monoisotopic (exact) mass is 209 g/mol. The summed E-state index contributed by atoms with van der Waals surface area (Å²) >= 11 is 0. The fraction of sp³-hybridized carbons (Fsp3) is 0.500. The maximum Gasteiger partial charge on any atom is 0.329 e. The van der Waals surface area contributed by atoms with Crippen molar-refractivity contribution in [1.29, 1.82) is 0 Å².